The molecular formula is C47H62ClN7O8S. The first kappa shape index (κ1) is 45.9. The molecule has 8 atom stereocenters. The summed E-state index contributed by atoms with van der Waals surface area (Å²) in [7, 11) is 1.27. The number of methoxy groups -OCH3 is 1. The molecule has 0 radical (unpaired) electrons. The van der Waals surface area contributed by atoms with Gasteiger partial charge in [0.05, 0.1) is 24.9 Å². The number of carbonyl (C=O) groups excluding carboxylic acids is 4. The summed E-state index contributed by atoms with van der Waals surface area (Å²) in [4.78, 5) is 69.5. The van der Waals surface area contributed by atoms with Crippen molar-refractivity contribution in [1.29, 1.82) is 0 Å². The van der Waals surface area contributed by atoms with Crippen LogP contribution in [0.4, 0.5) is 9.93 Å². The minimum Gasteiger partial charge on any atom is -0.491 e. The number of anilines is 1. The zero-order chi connectivity index (χ0) is 45.5. The Bertz CT molecular complexity index is 2250. The molecule has 3 aliphatic carbocycles. The SMILES string of the molecule is C=C[C@@H]1CC1(NC(=O)[C@@H]1C[C@@H](Oc2cc(-c3csc(NC(C)C)n3)nc3c(Cl)c(OCCN4CCCCC4)ccc23)CN1C(=O)[C@@H](NC(=O)OC1C[C@@H]2C[C@@H]2C1)C(C)(C)C)C(=O)OC. The smallest absolute Gasteiger partial charge is 0.408 e. The maximum atomic E-state index is 14.9. The minimum absolute atomic E-state index is 0.00788. The molecule has 0 bridgehead atoms. The van der Waals surface area contributed by atoms with Gasteiger partial charge in [0, 0.05) is 41.8 Å². The highest BCUT2D eigenvalue weighted by Crippen LogP contribution is 2.52. The van der Waals surface area contributed by atoms with E-state index < -0.39 is 53.0 Å². The molecular weight excluding hydrogens is 858 g/mol. The second kappa shape index (κ2) is 18.7. The monoisotopic (exact) mass is 919 g/mol. The summed E-state index contributed by atoms with van der Waals surface area (Å²) in [5.74, 6) is 0.185. The van der Waals surface area contributed by atoms with Crippen LogP contribution >= 0.6 is 22.9 Å². The Morgan fingerprint density at radius 2 is 1.77 bits per heavy atom. The number of hydrogen-bond donors (Lipinski definition) is 3. The number of nitrogens with one attached hydrogen (secondary N) is 3. The lowest BCUT2D eigenvalue weighted by molar-refractivity contribution is -0.148. The lowest BCUT2D eigenvalue weighted by atomic mass is 9.85. The second-order valence-electron chi connectivity index (χ2n) is 19.5. The average molecular weight is 921 g/mol. The van der Waals surface area contributed by atoms with E-state index in [9.17, 15) is 19.2 Å². The van der Waals surface area contributed by atoms with Crippen molar-refractivity contribution < 1.29 is 38.1 Å². The third kappa shape index (κ3) is 9.93. The summed E-state index contributed by atoms with van der Waals surface area (Å²) in [6.07, 6.45) is 6.89. The number of hydrogen-bond acceptors (Lipinski definition) is 13. The predicted octanol–water partition coefficient (Wildman–Crippen LogP) is 7.22. The van der Waals surface area contributed by atoms with Crippen LogP contribution in [0.15, 0.2) is 36.2 Å². The van der Waals surface area contributed by atoms with Gasteiger partial charge in [0.2, 0.25) is 11.8 Å². The van der Waals surface area contributed by atoms with Gasteiger partial charge in [0.25, 0.3) is 0 Å². The van der Waals surface area contributed by atoms with Crippen LogP contribution in [0.5, 0.6) is 11.5 Å². The molecule has 2 saturated heterocycles. The number of thiazole rings is 1. The number of esters is 1. The molecule has 64 heavy (non-hydrogen) atoms. The Hall–Kier alpha value is -4.67. The maximum absolute atomic E-state index is 14.9. The summed E-state index contributed by atoms with van der Waals surface area (Å²) >= 11 is 8.60. The molecule has 5 aliphatic rings. The summed E-state index contributed by atoms with van der Waals surface area (Å²) in [6.45, 7) is 16.8. The molecule has 3 aromatic rings. The Balaban J connectivity index is 1.10. The van der Waals surface area contributed by atoms with Gasteiger partial charge in [-0.25, -0.2) is 19.6 Å². The van der Waals surface area contributed by atoms with Gasteiger partial charge in [0.15, 0.2) is 5.13 Å². The van der Waals surface area contributed by atoms with Gasteiger partial charge in [-0.3, -0.25) is 14.5 Å². The van der Waals surface area contributed by atoms with Crippen molar-refractivity contribution in [3.8, 4) is 22.9 Å². The van der Waals surface area contributed by atoms with Crippen LogP contribution in [-0.2, 0) is 23.9 Å². The van der Waals surface area contributed by atoms with Crippen LogP contribution in [0.3, 0.4) is 0 Å². The van der Waals surface area contributed by atoms with Crippen molar-refractivity contribution in [1.82, 2.24) is 30.4 Å². The fourth-order valence-corrected chi connectivity index (χ4v) is 10.7. The lowest BCUT2D eigenvalue weighted by Crippen LogP contribution is -2.59. The highest BCUT2D eigenvalue weighted by atomic mass is 35.5. The Kier molecular flexibility index (Phi) is 13.4. The number of benzene rings is 1. The van der Waals surface area contributed by atoms with Crippen molar-refractivity contribution in [3.05, 3.63) is 41.3 Å². The van der Waals surface area contributed by atoms with Crippen LogP contribution in [-0.4, -0.2) is 119 Å². The molecule has 17 heteroatoms. The summed E-state index contributed by atoms with van der Waals surface area (Å²) < 4.78 is 24.0. The summed E-state index contributed by atoms with van der Waals surface area (Å²) in [5.41, 5.74) is -0.490. The molecule has 8 rings (SSSR count). The molecule has 3 amide bonds. The number of carbonyl (C=O) groups is 4. The molecule has 3 N–H and O–H groups in total. The van der Waals surface area contributed by atoms with Crippen molar-refractivity contribution in [3.63, 3.8) is 0 Å². The number of piperidine rings is 1. The van der Waals surface area contributed by atoms with E-state index >= 15 is 0 Å². The van der Waals surface area contributed by atoms with E-state index in [-0.39, 0.29) is 31.0 Å². The zero-order valence-corrected chi connectivity index (χ0v) is 39.3. The first-order valence-corrected chi connectivity index (χ1v) is 24.0. The van der Waals surface area contributed by atoms with Gasteiger partial charge < -0.3 is 39.8 Å². The molecule has 3 saturated carbocycles. The first-order valence-electron chi connectivity index (χ1n) is 22.7. The van der Waals surface area contributed by atoms with Crippen LogP contribution in [0.2, 0.25) is 5.02 Å². The number of rotatable bonds is 16. The number of likely N-dealkylation sites (tertiary alicyclic amines) is 2. The maximum Gasteiger partial charge on any atom is 0.408 e. The third-order valence-electron chi connectivity index (χ3n) is 13.3. The molecule has 2 aliphatic heterocycles. The predicted molar refractivity (Wildman–Crippen MR) is 246 cm³/mol. The Morgan fingerprint density at radius 1 is 1.02 bits per heavy atom. The Morgan fingerprint density at radius 3 is 2.44 bits per heavy atom. The van der Waals surface area contributed by atoms with E-state index in [0.29, 0.717) is 63.7 Å². The number of nitrogens with zero attached hydrogens (tertiary/aromatic N) is 4. The van der Waals surface area contributed by atoms with E-state index in [2.05, 4.69) is 27.4 Å². The largest absolute Gasteiger partial charge is 0.491 e. The van der Waals surface area contributed by atoms with Crippen LogP contribution < -0.4 is 25.4 Å². The number of aromatic nitrogens is 2. The fourth-order valence-electron chi connectivity index (χ4n) is 9.64. The van der Waals surface area contributed by atoms with E-state index in [1.807, 2.05) is 52.1 Å². The quantitative estimate of drug-likeness (QED) is 0.0975. The van der Waals surface area contributed by atoms with Gasteiger partial charge in [0.1, 0.15) is 58.7 Å². The van der Waals surface area contributed by atoms with Crippen molar-refractivity contribution in [2.24, 2.45) is 23.2 Å². The summed E-state index contributed by atoms with van der Waals surface area (Å²) in [5, 5.41) is 12.7. The molecule has 0 spiro atoms. The van der Waals surface area contributed by atoms with Crippen LogP contribution in [0.1, 0.15) is 86.0 Å². The minimum atomic E-state index is -1.30. The van der Waals surface area contributed by atoms with Crippen LogP contribution in [0, 0.1) is 23.2 Å². The zero-order valence-electron chi connectivity index (χ0n) is 37.7. The van der Waals surface area contributed by atoms with Crippen molar-refractivity contribution in [2.75, 3.05) is 45.2 Å². The number of fused-ring (bicyclic) bond motifs is 2. The van der Waals surface area contributed by atoms with Gasteiger partial charge in [-0.2, -0.15) is 0 Å². The Labute approximate surface area is 384 Å². The number of ether oxygens (including phenoxy) is 4. The molecule has 1 aromatic carbocycles. The van der Waals surface area contributed by atoms with Crippen molar-refractivity contribution in [2.45, 2.75) is 122 Å². The van der Waals surface area contributed by atoms with E-state index in [4.69, 9.17) is 40.5 Å². The molecule has 4 heterocycles. The number of alkyl carbamates (subject to hydrolysis) is 1. The van der Waals surface area contributed by atoms with Gasteiger partial charge in [-0.15, -0.1) is 17.9 Å². The highest BCUT2D eigenvalue weighted by molar-refractivity contribution is 7.14. The van der Waals surface area contributed by atoms with E-state index in [1.165, 1.54) is 49.0 Å². The summed E-state index contributed by atoms with van der Waals surface area (Å²) in [6, 6.07) is 3.52. The second-order valence-corrected chi connectivity index (χ2v) is 20.8. The number of halogens is 1. The van der Waals surface area contributed by atoms with Gasteiger partial charge in [-0.05, 0) is 94.8 Å². The van der Waals surface area contributed by atoms with Gasteiger partial charge >= 0.3 is 12.1 Å². The number of pyridine rings is 1. The molecule has 15 nitrogen and oxygen atoms in total. The molecule has 346 valence electrons. The van der Waals surface area contributed by atoms with E-state index in [1.54, 1.807) is 12.1 Å². The van der Waals surface area contributed by atoms with Gasteiger partial charge in [-0.1, -0.05) is 44.9 Å². The topological polar surface area (TPSA) is 174 Å². The van der Waals surface area contributed by atoms with Crippen LogP contribution in [0.25, 0.3) is 22.3 Å². The normalized spacial score (nSPS) is 26.8. The molecule has 5 fully saturated rings. The fraction of sp³-hybridized carbons (Fsp3) is 0.617. The lowest BCUT2D eigenvalue weighted by Gasteiger charge is -2.35. The van der Waals surface area contributed by atoms with E-state index in [0.717, 1.165) is 37.6 Å². The highest BCUT2D eigenvalue weighted by Gasteiger charge is 2.62. The molecule has 2 unspecified atom stereocenters. The standard InChI is InChI=1S/C47H62ClN7O8S/c1-8-29-23-47(29,43(58)60-7)53-41(56)35-21-31(24-55(35)42(57)40(46(4,5)6)52-45(59)63-30-19-27-18-28(27)20-30)62-37-22-33(34-25-64-44(51-34)49-26(2)3)50-39-32(37)12-13-36(38(39)48)61-17-16-54-14-10-9-11-15-54/h8,12-13,22,25-31,35,40H,1,9-11,14-21,23-24H2,2-7H3,(H,49,51)(H,52,59)(H,53,56)/t27-,28+,29-,30?,31-,35+,40-,47?/m1/s1. The number of amides is 3. The first-order chi connectivity index (χ1) is 30.6. The average Bonchev–Trinajstić information content (AvgIpc) is 3.92. The third-order valence-corrected chi connectivity index (χ3v) is 14.5. The van der Waals surface area contributed by atoms with Crippen molar-refractivity contribution >= 4 is 62.8 Å². The molecule has 2 aromatic heterocycles.